The van der Waals surface area contributed by atoms with Crippen LogP contribution in [0, 0.1) is 13.8 Å². The molecule has 1 atom stereocenters. The van der Waals surface area contributed by atoms with Crippen LogP contribution >= 0.6 is 0 Å². The van der Waals surface area contributed by atoms with E-state index in [0.29, 0.717) is 6.04 Å². The van der Waals surface area contributed by atoms with Gasteiger partial charge in [-0.05, 0) is 37.5 Å². The van der Waals surface area contributed by atoms with Crippen LogP contribution in [-0.4, -0.2) is 4.98 Å². The number of rotatable bonds is 4. The number of hydrogen-bond acceptors (Lipinski definition) is 2. The van der Waals surface area contributed by atoms with E-state index < -0.39 is 0 Å². The first-order valence-electron chi connectivity index (χ1n) is 6.35. The largest absolute Gasteiger partial charge is 0.306 e. The molecule has 0 fully saturated rings. The molecule has 1 aromatic carbocycles. The first kappa shape index (κ1) is 12.8. The maximum Gasteiger partial charge on any atom is 0.0313 e. The van der Waals surface area contributed by atoms with Gasteiger partial charge in [0.05, 0.1) is 0 Å². The third-order valence-corrected chi connectivity index (χ3v) is 3.09. The van der Waals surface area contributed by atoms with Gasteiger partial charge in [0.2, 0.25) is 0 Å². The standard InChI is InChI=1S/C16H20N2/c1-12-5-4-6-16(8-12)14(3)18-11-15-7-13(2)9-17-10-15/h4-10,14,18H,11H2,1-3H3/t14-/m1/s1. The van der Waals surface area contributed by atoms with Crippen LogP contribution in [0.3, 0.4) is 0 Å². The first-order chi connectivity index (χ1) is 8.65. The molecule has 2 nitrogen and oxygen atoms in total. The highest BCUT2D eigenvalue weighted by Gasteiger charge is 2.04. The molecule has 0 radical (unpaired) electrons. The van der Waals surface area contributed by atoms with E-state index in [1.807, 2.05) is 12.4 Å². The Hall–Kier alpha value is -1.67. The van der Waals surface area contributed by atoms with Crippen molar-refractivity contribution < 1.29 is 0 Å². The van der Waals surface area contributed by atoms with Gasteiger partial charge in [-0.1, -0.05) is 35.9 Å². The summed E-state index contributed by atoms with van der Waals surface area (Å²) in [7, 11) is 0. The third-order valence-electron chi connectivity index (χ3n) is 3.09. The van der Waals surface area contributed by atoms with E-state index in [1.165, 1.54) is 22.3 Å². The van der Waals surface area contributed by atoms with Crippen molar-refractivity contribution in [3.05, 3.63) is 65.0 Å². The average molecular weight is 240 g/mol. The number of aryl methyl sites for hydroxylation is 2. The Morgan fingerprint density at radius 2 is 1.94 bits per heavy atom. The molecule has 0 aliphatic heterocycles. The van der Waals surface area contributed by atoms with Crippen molar-refractivity contribution in [3.8, 4) is 0 Å². The molecular weight excluding hydrogens is 220 g/mol. The maximum atomic E-state index is 4.21. The van der Waals surface area contributed by atoms with Crippen LogP contribution in [0.25, 0.3) is 0 Å². The van der Waals surface area contributed by atoms with E-state index in [0.717, 1.165) is 6.54 Å². The van der Waals surface area contributed by atoms with Crippen LogP contribution in [0.1, 0.15) is 35.2 Å². The fourth-order valence-electron chi connectivity index (χ4n) is 2.04. The predicted molar refractivity (Wildman–Crippen MR) is 75.4 cm³/mol. The molecule has 0 saturated carbocycles. The zero-order valence-corrected chi connectivity index (χ0v) is 11.3. The normalized spacial score (nSPS) is 12.4. The number of pyridine rings is 1. The molecule has 18 heavy (non-hydrogen) atoms. The fraction of sp³-hybridized carbons (Fsp3) is 0.312. The van der Waals surface area contributed by atoms with Gasteiger partial charge >= 0.3 is 0 Å². The molecule has 0 aliphatic carbocycles. The van der Waals surface area contributed by atoms with Crippen molar-refractivity contribution in [1.82, 2.24) is 10.3 Å². The van der Waals surface area contributed by atoms with E-state index in [2.05, 4.69) is 61.4 Å². The third kappa shape index (κ3) is 3.41. The van der Waals surface area contributed by atoms with Crippen LogP contribution in [0.4, 0.5) is 0 Å². The Bertz CT molecular complexity index is 520. The second kappa shape index (κ2) is 5.78. The monoisotopic (exact) mass is 240 g/mol. The summed E-state index contributed by atoms with van der Waals surface area (Å²) in [4.78, 5) is 4.21. The predicted octanol–water partition coefficient (Wildman–Crippen LogP) is 3.55. The lowest BCUT2D eigenvalue weighted by atomic mass is 10.1. The smallest absolute Gasteiger partial charge is 0.0313 e. The van der Waals surface area contributed by atoms with E-state index >= 15 is 0 Å². The minimum atomic E-state index is 0.352. The molecule has 2 aromatic rings. The van der Waals surface area contributed by atoms with Gasteiger partial charge in [-0.25, -0.2) is 0 Å². The fourth-order valence-corrected chi connectivity index (χ4v) is 2.04. The minimum absolute atomic E-state index is 0.352. The molecule has 0 bridgehead atoms. The van der Waals surface area contributed by atoms with Crippen molar-refractivity contribution in [2.24, 2.45) is 0 Å². The second-order valence-corrected chi connectivity index (χ2v) is 4.89. The Kier molecular flexibility index (Phi) is 4.11. The van der Waals surface area contributed by atoms with Crippen LogP contribution < -0.4 is 5.32 Å². The zero-order valence-electron chi connectivity index (χ0n) is 11.3. The van der Waals surface area contributed by atoms with E-state index in [4.69, 9.17) is 0 Å². The molecule has 0 aliphatic rings. The summed E-state index contributed by atoms with van der Waals surface area (Å²) in [6.45, 7) is 7.24. The van der Waals surface area contributed by atoms with Crippen LogP contribution in [0.2, 0.25) is 0 Å². The van der Waals surface area contributed by atoms with Gasteiger partial charge in [0.1, 0.15) is 0 Å². The SMILES string of the molecule is Cc1cncc(CN[C@H](C)c2cccc(C)c2)c1. The summed E-state index contributed by atoms with van der Waals surface area (Å²) < 4.78 is 0. The summed E-state index contributed by atoms with van der Waals surface area (Å²) in [6, 6.07) is 11.1. The van der Waals surface area contributed by atoms with Gasteiger partial charge in [0.15, 0.2) is 0 Å². The van der Waals surface area contributed by atoms with E-state index in [-0.39, 0.29) is 0 Å². The number of benzene rings is 1. The Morgan fingerprint density at radius 3 is 2.67 bits per heavy atom. The zero-order chi connectivity index (χ0) is 13.0. The summed E-state index contributed by atoms with van der Waals surface area (Å²) >= 11 is 0. The number of aromatic nitrogens is 1. The van der Waals surface area contributed by atoms with Gasteiger partial charge in [0, 0.05) is 25.0 Å². The lowest BCUT2D eigenvalue weighted by Crippen LogP contribution is -2.18. The van der Waals surface area contributed by atoms with E-state index in [9.17, 15) is 0 Å². The minimum Gasteiger partial charge on any atom is -0.306 e. The molecule has 94 valence electrons. The Labute approximate surface area is 109 Å². The topological polar surface area (TPSA) is 24.9 Å². The Morgan fingerprint density at radius 1 is 1.11 bits per heavy atom. The quantitative estimate of drug-likeness (QED) is 0.884. The van der Waals surface area contributed by atoms with Gasteiger partial charge in [-0.3, -0.25) is 4.98 Å². The highest BCUT2D eigenvalue weighted by atomic mass is 14.9. The molecule has 0 amide bonds. The first-order valence-corrected chi connectivity index (χ1v) is 6.35. The second-order valence-electron chi connectivity index (χ2n) is 4.89. The van der Waals surface area contributed by atoms with Crippen molar-refractivity contribution in [1.29, 1.82) is 0 Å². The van der Waals surface area contributed by atoms with Crippen LogP contribution in [0.15, 0.2) is 42.7 Å². The van der Waals surface area contributed by atoms with Gasteiger partial charge < -0.3 is 5.32 Å². The van der Waals surface area contributed by atoms with Crippen molar-refractivity contribution in [2.45, 2.75) is 33.4 Å². The van der Waals surface area contributed by atoms with Crippen molar-refractivity contribution >= 4 is 0 Å². The molecule has 2 rings (SSSR count). The van der Waals surface area contributed by atoms with Gasteiger partial charge in [-0.2, -0.15) is 0 Å². The Balaban J connectivity index is 1.98. The number of nitrogens with zero attached hydrogens (tertiary/aromatic N) is 1. The van der Waals surface area contributed by atoms with Crippen molar-refractivity contribution in [3.63, 3.8) is 0 Å². The van der Waals surface area contributed by atoms with Gasteiger partial charge in [-0.15, -0.1) is 0 Å². The summed E-state index contributed by atoms with van der Waals surface area (Å²) in [5, 5.41) is 3.53. The maximum absolute atomic E-state index is 4.21. The molecule has 1 aromatic heterocycles. The lowest BCUT2D eigenvalue weighted by Gasteiger charge is -2.15. The van der Waals surface area contributed by atoms with Crippen LogP contribution in [0.5, 0.6) is 0 Å². The molecule has 2 heteroatoms. The summed E-state index contributed by atoms with van der Waals surface area (Å²) in [6.07, 6.45) is 3.80. The molecular formula is C16H20N2. The number of hydrogen-bond donors (Lipinski definition) is 1. The molecule has 1 heterocycles. The number of nitrogens with one attached hydrogen (secondary N) is 1. The molecule has 0 spiro atoms. The van der Waals surface area contributed by atoms with Crippen LogP contribution in [-0.2, 0) is 6.54 Å². The molecule has 0 unspecified atom stereocenters. The highest BCUT2D eigenvalue weighted by Crippen LogP contribution is 2.14. The molecule has 0 saturated heterocycles. The summed E-state index contributed by atoms with van der Waals surface area (Å²) in [5.74, 6) is 0. The van der Waals surface area contributed by atoms with Crippen molar-refractivity contribution in [2.75, 3.05) is 0 Å². The van der Waals surface area contributed by atoms with E-state index in [1.54, 1.807) is 0 Å². The highest BCUT2D eigenvalue weighted by molar-refractivity contribution is 5.25. The lowest BCUT2D eigenvalue weighted by molar-refractivity contribution is 0.573. The summed E-state index contributed by atoms with van der Waals surface area (Å²) in [5.41, 5.74) is 5.07. The molecule has 1 N–H and O–H groups in total. The average Bonchev–Trinajstić information content (AvgIpc) is 2.36. The van der Waals surface area contributed by atoms with Gasteiger partial charge in [0.25, 0.3) is 0 Å².